The van der Waals surface area contributed by atoms with Gasteiger partial charge in [0.1, 0.15) is 13.1 Å². The Kier molecular flexibility index (Phi) is 9.83. The Hall–Kier alpha value is -1.14. The van der Waals surface area contributed by atoms with Gasteiger partial charge >= 0.3 is 0 Å². The minimum Gasteiger partial charge on any atom is -1.00 e. The Morgan fingerprint density at radius 1 is 1.56 bits per heavy atom. The summed E-state index contributed by atoms with van der Waals surface area (Å²) < 4.78 is 1.91. The summed E-state index contributed by atoms with van der Waals surface area (Å²) >= 11 is 0. The van der Waals surface area contributed by atoms with Gasteiger partial charge in [0.05, 0.1) is 6.61 Å². The van der Waals surface area contributed by atoms with E-state index in [1.54, 1.807) is 0 Å². The molecule has 1 aromatic heterocycles. The number of rotatable bonds is 1. The molecule has 0 aliphatic heterocycles. The van der Waals surface area contributed by atoms with Crippen molar-refractivity contribution in [2.45, 2.75) is 6.61 Å². The molecule has 0 aromatic carbocycles. The third kappa shape index (κ3) is 8.19. The number of aryl methyl sites for hydroxylation is 1. The topological polar surface area (TPSA) is 67.5 Å². The third-order valence-electron chi connectivity index (χ3n) is 1.55. The lowest BCUT2D eigenvalue weighted by molar-refractivity contribution is -0.672. The molecule has 6 heteroatoms. The van der Waals surface area contributed by atoms with E-state index in [1.165, 1.54) is 14.1 Å². The van der Waals surface area contributed by atoms with Crippen molar-refractivity contribution in [2.24, 2.45) is 7.05 Å². The van der Waals surface area contributed by atoms with Crippen LogP contribution in [-0.2, 0) is 13.7 Å². The Morgan fingerprint density at radius 3 is 2.31 bits per heavy atom. The summed E-state index contributed by atoms with van der Waals surface area (Å²) in [6.45, 7) is 0.120. The number of pyridine rings is 1. The molecule has 0 aliphatic carbocycles. The molecule has 0 unspecified atom stereocenters. The predicted molar refractivity (Wildman–Crippen MR) is 52.6 cm³/mol. The second kappa shape index (κ2) is 9.11. The molecule has 0 bridgehead atoms. The van der Waals surface area contributed by atoms with Crippen molar-refractivity contribution in [3.05, 3.63) is 30.1 Å². The molecule has 1 amide bonds. The van der Waals surface area contributed by atoms with E-state index in [1.807, 2.05) is 36.1 Å². The number of carboxylic acid groups (broad SMARTS) is 1. The van der Waals surface area contributed by atoms with E-state index >= 15 is 0 Å². The Bertz CT molecular complexity index is 319. The maximum Gasteiger partial charge on any atom is 0.174 e. The number of halogens is 1. The third-order valence-corrected chi connectivity index (χ3v) is 1.55. The summed E-state index contributed by atoms with van der Waals surface area (Å²) in [5.41, 5.74) is 0.944. The minimum absolute atomic E-state index is 0. The first kappa shape index (κ1) is 17.3. The molecule has 16 heavy (non-hydrogen) atoms. The molecule has 0 atom stereocenters. The molecule has 0 saturated heterocycles. The van der Waals surface area contributed by atoms with Gasteiger partial charge in [-0.3, -0.25) is 0 Å². The standard InChI is InChI=1S/C7H10NO.C3H7NO2.BrH/c1-8-4-2-3-7(5-8)6-9;1-4(2)3(5)6;/h2-5,9H,6H2,1H3;1-2H3,(H,5,6);1H/q+1;;/p-2. The van der Waals surface area contributed by atoms with E-state index in [0.29, 0.717) is 0 Å². The molecule has 1 N–H and O–H groups in total. The summed E-state index contributed by atoms with van der Waals surface area (Å²) in [5.74, 6) is 0. The van der Waals surface area contributed by atoms with Gasteiger partial charge in [0.25, 0.3) is 0 Å². The second-order valence-electron chi connectivity index (χ2n) is 3.20. The normalized spacial score (nSPS) is 8.25. The van der Waals surface area contributed by atoms with Crippen molar-refractivity contribution in [1.29, 1.82) is 0 Å². The highest BCUT2D eigenvalue weighted by Gasteiger charge is 1.92. The quantitative estimate of drug-likeness (QED) is 0.535. The highest BCUT2D eigenvalue weighted by molar-refractivity contribution is 5.61. The molecular formula is C10H16BrN2O3-. The van der Waals surface area contributed by atoms with Crippen LogP contribution in [-0.4, -0.2) is 30.2 Å². The first-order valence-corrected chi connectivity index (χ1v) is 4.40. The van der Waals surface area contributed by atoms with Crippen LogP contribution >= 0.6 is 0 Å². The molecule has 0 aliphatic rings. The number of aliphatic hydroxyl groups excluding tert-OH is 1. The summed E-state index contributed by atoms with van der Waals surface area (Å²) in [4.78, 5) is 10.5. The predicted octanol–water partition coefficient (Wildman–Crippen LogP) is -4.10. The number of hydrogen-bond acceptors (Lipinski definition) is 3. The fraction of sp³-hybridized carbons (Fsp3) is 0.400. The highest BCUT2D eigenvalue weighted by atomic mass is 79.9. The summed E-state index contributed by atoms with van der Waals surface area (Å²) in [5, 5.41) is 18.2. The van der Waals surface area contributed by atoms with Gasteiger partial charge in [0.2, 0.25) is 0 Å². The number of carbonyl (C=O) groups excluding carboxylic acids is 1. The van der Waals surface area contributed by atoms with Crippen molar-refractivity contribution in [2.75, 3.05) is 14.1 Å². The number of aliphatic hydroxyl groups is 1. The van der Waals surface area contributed by atoms with Crippen molar-refractivity contribution >= 4 is 6.09 Å². The van der Waals surface area contributed by atoms with Gasteiger partial charge in [0.15, 0.2) is 12.4 Å². The first-order chi connectivity index (χ1) is 6.97. The lowest BCUT2D eigenvalue weighted by atomic mass is 10.3. The number of nitrogens with zero attached hydrogens (tertiary/aromatic N) is 2. The Labute approximate surface area is 106 Å². The van der Waals surface area contributed by atoms with Gasteiger partial charge in [-0.1, -0.05) is 0 Å². The zero-order valence-corrected chi connectivity index (χ0v) is 11.1. The van der Waals surface area contributed by atoms with Crippen LogP contribution in [0, 0.1) is 0 Å². The fourth-order valence-electron chi connectivity index (χ4n) is 0.744. The van der Waals surface area contributed by atoms with E-state index in [0.717, 1.165) is 10.5 Å². The van der Waals surface area contributed by atoms with Crippen LogP contribution in [0.2, 0.25) is 0 Å². The fourth-order valence-corrected chi connectivity index (χ4v) is 0.744. The molecule has 0 spiro atoms. The zero-order valence-electron chi connectivity index (χ0n) is 9.55. The van der Waals surface area contributed by atoms with Crippen molar-refractivity contribution in [1.82, 2.24) is 4.90 Å². The van der Waals surface area contributed by atoms with E-state index in [-0.39, 0.29) is 23.6 Å². The summed E-state index contributed by atoms with van der Waals surface area (Å²) in [7, 11) is 4.75. The number of amides is 1. The smallest absolute Gasteiger partial charge is 0.174 e. The molecule has 1 aromatic rings. The Morgan fingerprint density at radius 2 is 2.06 bits per heavy atom. The van der Waals surface area contributed by atoms with E-state index < -0.39 is 6.09 Å². The van der Waals surface area contributed by atoms with E-state index in [2.05, 4.69) is 0 Å². The van der Waals surface area contributed by atoms with Gasteiger partial charge in [-0.05, 0) is 6.07 Å². The largest absolute Gasteiger partial charge is 1.00 e. The minimum atomic E-state index is -1.16. The average Bonchev–Trinajstić information content (AvgIpc) is 2.18. The molecular weight excluding hydrogens is 276 g/mol. The number of aromatic nitrogens is 1. The average molecular weight is 292 g/mol. The molecule has 1 heterocycles. The maximum absolute atomic E-state index is 9.51. The van der Waals surface area contributed by atoms with Gasteiger partial charge < -0.3 is 36.9 Å². The SMILES string of the molecule is CN(C)C(=O)[O-].C[n+]1cccc(CO)c1.[Br-]. The Balaban J connectivity index is 0. The molecule has 0 radical (unpaired) electrons. The zero-order chi connectivity index (χ0) is 11.8. The van der Waals surface area contributed by atoms with Crippen LogP contribution in [0.25, 0.3) is 0 Å². The lowest BCUT2D eigenvalue weighted by Crippen LogP contribution is -3.00. The summed E-state index contributed by atoms with van der Waals surface area (Å²) in [6, 6.07) is 3.80. The molecule has 0 fully saturated rings. The second-order valence-corrected chi connectivity index (χ2v) is 3.20. The van der Waals surface area contributed by atoms with Crippen LogP contribution in [0.3, 0.4) is 0 Å². The van der Waals surface area contributed by atoms with Gasteiger partial charge in [-0.15, -0.1) is 0 Å². The van der Waals surface area contributed by atoms with E-state index in [9.17, 15) is 9.90 Å². The van der Waals surface area contributed by atoms with Crippen LogP contribution in [0.1, 0.15) is 5.56 Å². The van der Waals surface area contributed by atoms with Gasteiger partial charge in [0, 0.05) is 25.7 Å². The number of hydrogen-bond donors (Lipinski definition) is 1. The highest BCUT2D eigenvalue weighted by Crippen LogP contribution is 1.90. The lowest BCUT2D eigenvalue weighted by Gasteiger charge is -2.10. The van der Waals surface area contributed by atoms with Crippen LogP contribution in [0.4, 0.5) is 4.79 Å². The van der Waals surface area contributed by atoms with Crippen LogP contribution < -0.4 is 26.7 Å². The monoisotopic (exact) mass is 291 g/mol. The number of carbonyl (C=O) groups is 1. The van der Waals surface area contributed by atoms with Gasteiger partial charge in [-0.2, -0.15) is 0 Å². The van der Waals surface area contributed by atoms with Crippen molar-refractivity contribution in [3.8, 4) is 0 Å². The molecule has 1 rings (SSSR count). The van der Waals surface area contributed by atoms with Crippen LogP contribution in [0.5, 0.6) is 0 Å². The van der Waals surface area contributed by atoms with E-state index in [4.69, 9.17) is 5.11 Å². The molecule has 5 nitrogen and oxygen atoms in total. The molecule has 92 valence electrons. The van der Waals surface area contributed by atoms with Gasteiger partial charge in [-0.25, -0.2) is 4.57 Å². The summed E-state index contributed by atoms with van der Waals surface area (Å²) in [6.07, 6.45) is 2.66. The van der Waals surface area contributed by atoms with Crippen molar-refractivity contribution < 1.29 is 36.6 Å². The van der Waals surface area contributed by atoms with Crippen molar-refractivity contribution in [3.63, 3.8) is 0 Å². The molecule has 0 saturated carbocycles. The maximum atomic E-state index is 9.51. The van der Waals surface area contributed by atoms with Crippen LogP contribution in [0.15, 0.2) is 24.5 Å². The first-order valence-electron chi connectivity index (χ1n) is 4.40.